The SMILES string of the molecule is O=[N+]([O-])c1ccc(CS(=O)(=O)NCCC2CCNC2)cc1. The number of nitro groups is 1. The Bertz CT molecular complexity index is 580. The van der Waals surface area contributed by atoms with Gasteiger partial charge in [0.05, 0.1) is 10.7 Å². The van der Waals surface area contributed by atoms with Crippen molar-refractivity contribution in [3.63, 3.8) is 0 Å². The first kappa shape index (κ1) is 15.9. The summed E-state index contributed by atoms with van der Waals surface area (Å²) in [5.74, 6) is 0.376. The van der Waals surface area contributed by atoms with E-state index in [0.717, 1.165) is 25.9 Å². The van der Waals surface area contributed by atoms with Crippen molar-refractivity contribution in [1.82, 2.24) is 10.0 Å². The molecule has 1 aromatic rings. The Morgan fingerprint density at radius 1 is 1.33 bits per heavy atom. The Balaban J connectivity index is 1.83. The summed E-state index contributed by atoms with van der Waals surface area (Å²) in [6, 6.07) is 5.57. The minimum absolute atomic E-state index is 0.0437. The van der Waals surface area contributed by atoms with Crippen molar-refractivity contribution < 1.29 is 13.3 Å². The number of nitrogens with zero attached hydrogens (tertiary/aromatic N) is 1. The zero-order valence-electron chi connectivity index (χ0n) is 11.6. The minimum Gasteiger partial charge on any atom is -0.316 e. The van der Waals surface area contributed by atoms with Crippen LogP contribution in [0.15, 0.2) is 24.3 Å². The molecule has 1 aromatic carbocycles. The highest BCUT2D eigenvalue weighted by atomic mass is 32.2. The van der Waals surface area contributed by atoms with E-state index in [1.54, 1.807) is 0 Å². The molecule has 2 N–H and O–H groups in total. The van der Waals surface area contributed by atoms with E-state index in [1.807, 2.05) is 0 Å². The van der Waals surface area contributed by atoms with Gasteiger partial charge in [-0.3, -0.25) is 10.1 Å². The number of hydrogen-bond donors (Lipinski definition) is 2. The van der Waals surface area contributed by atoms with Gasteiger partial charge in [0.25, 0.3) is 5.69 Å². The molecule has 0 amide bonds. The van der Waals surface area contributed by atoms with Crippen LogP contribution in [0.2, 0.25) is 0 Å². The van der Waals surface area contributed by atoms with E-state index in [9.17, 15) is 18.5 Å². The summed E-state index contributed by atoms with van der Waals surface area (Å²) in [7, 11) is -3.40. The summed E-state index contributed by atoms with van der Waals surface area (Å²) in [5.41, 5.74) is 0.494. The molecule has 21 heavy (non-hydrogen) atoms. The highest BCUT2D eigenvalue weighted by Crippen LogP contribution is 2.14. The fourth-order valence-electron chi connectivity index (χ4n) is 2.36. The highest BCUT2D eigenvalue weighted by molar-refractivity contribution is 7.88. The molecular weight excluding hydrogens is 294 g/mol. The van der Waals surface area contributed by atoms with Gasteiger partial charge in [-0.2, -0.15) is 0 Å². The first-order valence-corrected chi connectivity index (χ1v) is 8.53. The molecule has 1 heterocycles. The van der Waals surface area contributed by atoms with Crippen LogP contribution in [0, 0.1) is 16.0 Å². The molecule has 1 fully saturated rings. The highest BCUT2D eigenvalue weighted by Gasteiger charge is 2.16. The van der Waals surface area contributed by atoms with Crippen LogP contribution < -0.4 is 10.0 Å². The van der Waals surface area contributed by atoms with E-state index < -0.39 is 14.9 Å². The molecule has 8 heteroatoms. The molecule has 0 aliphatic carbocycles. The van der Waals surface area contributed by atoms with Crippen LogP contribution in [0.1, 0.15) is 18.4 Å². The zero-order chi connectivity index (χ0) is 15.3. The van der Waals surface area contributed by atoms with E-state index in [0.29, 0.717) is 18.0 Å². The second-order valence-corrected chi connectivity index (χ2v) is 7.03. The molecule has 1 aliphatic rings. The molecular formula is C13H19N3O4S. The van der Waals surface area contributed by atoms with Crippen LogP contribution in [0.5, 0.6) is 0 Å². The van der Waals surface area contributed by atoms with Gasteiger partial charge in [0.1, 0.15) is 0 Å². The lowest BCUT2D eigenvalue weighted by Crippen LogP contribution is -2.27. The third-order valence-corrected chi connectivity index (χ3v) is 4.90. The molecule has 1 unspecified atom stereocenters. The van der Waals surface area contributed by atoms with E-state index in [-0.39, 0.29) is 11.4 Å². The van der Waals surface area contributed by atoms with Crippen molar-refractivity contribution in [2.45, 2.75) is 18.6 Å². The van der Waals surface area contributed by atoms with E-state index in [2.05, 4.69) is 10.0 Å². The largest absolute Gasteiger partial charge is 0.316 e. The minimum atomic E-state index is -3.40. The van der Waals surface area contributed by atoms with Gasteiger partial charge in [0.2, 0.25) is 10.0 Å². The average Bonchev–Trinajstić information content (AvgIpc) is 2.91. The van der Waals surface area contributed by atoms with Crippen molar-refractivity contribution in [3.8, 4) is 0 Å². The first-order chi connectivity index (χ1) is 9.96. The standard InChI is InChI=1S/C13H19N3O4S/c17-16(18)13-3-1-12(2-4-13)10-21(19,20)15-8-6-11-5-7-14-9-11/h1-4,11,14-15H,5-10H2. The van der Waals surface area contributed by atoms with Gasteiger partial charge in [0.15, 0.2) is 0 Å². The second-order valence-electron chi connectivity index (χ2n) is 5.22. The first-order valence-electron chi connectivity index (χ1n) is 6.88. The van der Waals surface area contributed by atoms with Crippen molar-refractivity contribution in [3.05, 3.63) is 39.9 Å². The summed E-state index contributed by atoms with van der Waals surface area (Å²) in [4.78, 5) is 10.0. The summed E-state index contributed by atoms with van der Waals surface area (Å²) in [6.07, 6.45) is 1.91. The third-order valence-electron chi connectivity index (χ3n) is 3.54. The lowest BCUT2D eigenvalue weighted by atomic mass is 10.1. The Hall–Kier alpha value is -1.51. The summed E-state index contributed by atoms with van der Waals surface area (Å²) in [6.45, 7) is 2.38. The molecule has 0 aromatic heterocycles. The monoisotopic (exact) mass is 313 g/mol. The number of nitrogens with one attached hydrogen (secondary N) is 2. The van der Waals surface area contributed by atoms with Crippen LogP contribution in [0.3, 0.4) is 0 Å². The lowest BCUT2D eigenvalue weighted by molar-refractivity contribution is -0.384. The maximum atomic E-state index is 11.9. The van der Waals surface area contributed by atoms with Crippen molar-refractivity contribution in [2.75, 3.05) is 19.6 Å². The van der Waals surface area contributed by atoms with Gasteiger partial charge in [-0.15, -0.1) is 0 Å². The van der Waals surface area contributed by atoms with Gasteiger partial charge in [-0.05, 0) is 37.4 Å². The summed E-state index contributed by atoms with van der Waals surface area (Å²) >= 11 is 0. The normalized spacial score (nSPS) is 18.8. The summed E-state index contributed by atoms with van der Waals surface area (Å²) in [5, 5.41) is 13.8. The van der Waals surface area contributed by atoms with Crippen molar-refractivity contribution >= 4 is 15.7 Å². The van der Waals surface area contributed by atoms with Crippen molar-refractivity contribution in [1.29, 1.82) is 0 Å². The van der Waals surface area contributed by atoms with Gasteiger partial charge in [-0.1, -0.05) is 12.1 Å². The number of non-ortho nitro benzene ring substituents is 1. The van der Waals surface area contributed by atoms with E-state index >= 15 is 0 Å². The third kappa shape index (κ3) is 5.07. The van der Waals surface area contributed by atoms with Crippen LogP contribution in [0.4, 0.5) is 5.69 Å². The van der Waals surface area contributed by atoms with E-state index in [1.165, 1.54) is 24.3 Å². The van der Waals surface area contributed by atoms with Crippen LogP contribution in [-0.4, -0.2) is 33.0 Å². The molecule has 0 spiro atoms. The number of rotatable bonds is 7. The molecule has 0 radical (unpaired) electrons. The smallest absolute Gasteiger partial charge is 0.269 e. The van der Waals surface area contributed by atoms with Crippen LogP contribution in [0.25, 0.3) is 0 Å². The molecule has 2 rings (SSSR count). The van der Waals surface area contributed by atoms with Gasteiger partial charge in [0, 0.05) is 18.7 Å². The van der Waals surface area contributed by atoms with Gasteiger partial charge >= 0.3 is 0 Å². The fourth-order valence-corrected chi connectivity index (χ4v) is 3.53. The number of benzene rings is 1. The summed E-state index contributed by atoms with van der Waals surface area (Å²) < 4.78 is 26.4. The quantitative estimate of drug-likeness (QED) is 0.578. The number of sulfonamides is 1. The fraction of sp³-hybridized carbons (Fsp3) is 0.538. The topological polar surface area (TPSA) is 101 Å². The van der Waals surface area contributed by atoms with Gasteiger partial charge in [-0.25, -0.2) is 13.1 Å². The molecule has 7 nitrogen and oxygen atoms in total. The Kier molecular flexibility index (Phi) is 5.27. The van der Waals surface area contributed by atoms with Gasteiger partial charge < -0.3 is 5.32 Å². The number of nitro benzene ring substituents is 1. The Labute approximate surface area is 123 Å². The number of hydrogen-bond acceptors (Lipinski definition) is 5. The predicted octanol–water partition coefficient (Wildman–Crippen LogP) is 1.01. The second kappa shape index (κ2) is 6.97. The Morgan fingerprint density at radius 2 is 2.05 bits per heavy atom. The van der Waals surface area contributed by atoms with Crippen molar-refractivity contribution in [2.24, 2.45) is 5.92 Å². The van der Waals surface area contributed by atoms with Crippen LogP contribution >= 0.6 is 0 Å². The zero-order valence-corrected chi connectivity index (χ0v) is 12.4. The average molecular weight is 313 g/mol. The van der Waals surface area contributed by atoms with Crippen LogP contribution in [-0.2, 0) is 15.8 Å². The van der Waals surface area contributed by atoms with E-state index in [4.69, 9.17) is 0 Å². The maximum absolute atomic E-state index is 11.9. The molecule has 1 saturated heterocycles. The molecule has 0 saturated carbocycles. The lowest BCUT2D eigenvalue weighted by Gasteiger charge is -2.10. The molecule has 1 aliphatic heterocycles. The molecule has 0 bridgehead atoms. The Morgan fingerprint density at radius 3 is 2.62 bits per heavy atom. The maximum Gasteiger partial charge on any atom is 0.269 e. The molecule has 116 valence electrons. The predicted molar refractivity (Wildman–Crippen MR) is 79.3 cm³/mol. The molecule has 1 atom stereocenters.